The number of halogens is 1. The summed E-state index contributed by atoms with van der Waals surface area (Å²) in [6.07, 6.45) is -0.728. The van der Waals surface area contributed by atoms with Gasteiger partial charge in [-0.1, -0.05) is 24.3 Å². The lowest BCUT2D eigenvalue weighted by molar-refractivity contribution is 0.198. The Morgan fingerprint density at radius 1 is 1.16 bits per heavy atom. The second-order valence-electron chi connectivity index (χ2n) is 4.23. The molecule has 0 spiro atoms. The quantitative estimate of drug-likeness (QED) is 0.889. The smallest absolute Gasteiger partial charge is 0.166 e. The third kappa shape index (κ3) is 3.10. The molecule has 0 fully saturated rings. The number of aliphatic hydroxyl groups is 2. The number of hydrogen-bond acceptors (Lipinski definition) is 3. The number of benzene rings is 2. The zero-order valence-corrected chi connectivity index (χ0v) is 10.5. The van der Waals surface area contributed by atoms with Crippen LogP contribution in [0.4, 0.5) is 4.39 Å². The first-order valence-corrected chi connectivity index (χ1v) is 5.96. The molecular formula is C15H15FO3. The van der Waals surface area contributed by atoms with Gasteiger partial charge in [0.15, 0.2) is 11.6 Å². The molecule has 0 aliphatic carbocycles. The standard InChI is InChI=1S/C15H15FO3/c1-10(18)11-6-7-15(13(16)8-11)19-14-5-3-2-4-12(14)9-17/h2-8,10,17-18H,9H2,1H3/t10-/m0/s1. The van der Waals surface area contributed by atoms with E-state index in [-0.39, 0.29) is 12.4 Å². The largest absolute Gasteiger partial charge is 0.454 e. The fraction of sp³-hybridized carbons (Fsp3) is 0.200. The molecule has 0 heterocycles. The Kier molecular flexibility index (Phi) is 4.14. The van der Waals surface area contributed by atoms with Crippen LogP contribution in [0.25, 0.3) is 0 Å². The summed E-state index contributed by atoms with van der Waals surface area (Å²) in [5, 5.41) is 18.5. The lowest BCUT2D eigenvalue weighted by Crippen LogP contribution is -1.96. The Morgan fingerprint density at radius 3 is 2.53 bits per heavy atom. The molecule has 0 amide bonds. The van der Waals surface area contributed by atoms with Gasteiger partial charge in [-0.3, -0.25) is 0 Å². The first-order valence-electron chi connectivity index (χ1n) is 5.96. The highest BCUT2D eigenvalue weighted by atomic mass is 19.1. The van der Waals surface area contributed by atoms with Crippen molar-refractivity contribution < 1.29 is 19.3 Å². The van der Waals surface area contributed by atoms with Gasteiger partial charge in [0.2, 0.25) is 0 Å². The van der Waals surface area contributed by atoms with E-state index in [1.807, 2.05) is 0 Å². The molecule has 0 aromatic heterocycles. The molecule has 2 rings (SSSR count). The molecular weight excluding hydrogens is 247 g/mol. The SMILES string of the molecule is C[C@H](O)c1ccc(Oc2ccccc2CO)c(F)c1. The van der Waals surface area contributed by atoms with E-state index in [4.69, 9.17) is 4.74 Å². The summed E-state index contributed by atoms with van der Waals surface area (Å²) in [6.45, 7) is 1.39. The summed E-state index contributed by atoms with van der Waals surface area (Å²) in [6, 6.07) is 11.2. The maximum Gasteiger partial charge on any atom is 0.166 e. The van der Waals surface area contributed by atoms with Crippen molar-refractivity contribution >= 4 is 0 Å². The van der Waals surface area contributed by atoms with Crippen LogP contribution in [0.3, 0.4) is 0 Å². The van der Waals surface area contributed by atoms with Gasteiger partial charge in [-0.05, 0) is 30.7 Å². The van der Waals surface area contributed by atoms with Crippen molar-refractivity contribution in [2.75, 3.05) is 0 Å². The van der Waals surface area contributed by atoms with E-state index >= 15 is 0 Å². The normalized spacial score (nSPS) is 12.2. The zero-order valence-electron chi connectivity index (χ0n) is 10.5. The van der Waals surface area contributed by atoms with Crippen LogP contribution >= 0.6 is 0 Å². The minimum Gasteiger partial charge on any atom is -0.454 e. The van der Waals surface area contributed by atoms with E-state index in [1.165, 1.54) is 12.1 Å². The molecule has 19 heavy (non-hydrogen) atoms. The molecule has 0 radical (unpaired) electrons. The number of ether oxygens (including phenoxy) is 1. The molecule has 2 aromatic rings. The van der Waals surface area contributed by atoms with Gasteiger partial charge in [-0.2, -0.15) is 0 Å². The highest BCUT2D eigenvalue weighted by Crippen LogP contribution is 2.29. The van der Waals surface area contributed by atoms with Crippen LogP contribution in [0.1, 0.15) is 24.2 Å². The maximum absolute atomic E-state index is 13.8. The minimum absolute atomic E-state index is 0.0605. The predicted octanol–water partition coefficient (Wildman–Crippen LogP) is 3.16. The summed E-state index contributed by atoms with van der Waals surface area (Å²) >= 11 is 0. The van der Waals surface area contributed by atoms with Crippen molar-refractivity contribution in [3.05, 3.63) is 59.4 Å². The van der Waals surface area contributed by atoms with Crippen molar-refractivity contribution in [1.82, 2.24) is 0 Å². The Balaban J connectivity index is 2.28. The van der Waals surface area contributed by atoms with E-state index in [2.05, 4.69) is 0 Å². The van der Waals surface area contributed by atoms with Gasteiger partial charge < -0.3 is 14.9 Å². The third-order valence-electron chi connectivity index (χ3n) is 2.80. The number of para-hydroxylation sites is 1. The van der Waals surface area contributed by atoms with Gasteiger partial charge in [-0.15, -0.1) is 0 Å². The average molecular weight is 262 g/mol. The van der Waals surface area contributed by atoms with Crippen LogP contribution in [-0.2, 0) is 6.61 Å². The average Bonchev–Trinajstić information content (AvgIpc) is 2.41. The molecule has 2 aromatic carbocycles. The Hall–Kier alpha value is -1.91. The van der Waals surface area contributed by atoms with E-state index in [0.29, 0.717) is 16.9 Å². The summed E-state index contributed by atoms with van der Waals surface area (Å²) in [5.41, 5.74) is 1.07. The summed E-state index contributed by atoms with van der Waals surface area (Å²) < 4.78 is 19.3. The molecule has 2 N–H and O–H groups in total. The van der Waals surface area contributed by atoms with Crippen LogP contribution in [0.5, 0.6) is 11.5 Å². The number of rotatable bonds is 4. The number of hydrogen-bond donors (Lipinski definition) is 2. The summed E-state index contributed by atoms with van der Waals surface area (Å²) in [5.74, 6) is -0.0786. The molecule has 0 aliphatic rings. The second kappa shape index (κ2) is 5.82. The van der Waals surface area contributed by atoms with Crippen molar-refractivity contribution in [2.45, 2.75) is 19.6 Å². The highest BCUT2D eigenvalue weighted by molar-refractivity contribution is 5.39. The summed E-state index contributed by atoms with van der Waals surface area (Å²) in [7, 11) is 0. The second-order valence-corrected chi connectivity index (χ2v) is 4.23. The van der Waals surface area contributed by atoms with Crippen molar-refractivity contribution in [2.24, 2.45) is 0 Å². The summed E-state index contributed by atoms with van der Waals surface area (Å²) in [4.78, 5) is 0. The van der Waals surface area contributed by atoms with Crippen molar-refractivity contribution in [3.63, 3.8) is 0 Å². The molecule has 4 heteroatoms. The van der Waals surface area contributed by atoms with Gasteiger partial charge in [0.1, 0.15) is 5.75 Å². The van der Waals surface area contributed by atoms with Crippen LogP contribution in [0, 0.1) is 5.82 Å². The lowest BCUT2D eigenvalue weighted by atomic mass is 10.1. The van der Waals surface area contributed by atoms with Gasteiger partial charge in [0.25, 0.3) is 0 Å². The molecule has 0 unspecified atom stereocenters. The third-order valence-corrected chi connectivity index (χ3v) is 2.80. The lowest BCUT2D eigenvalue weighted by Gasteiger charge is -2.12. The van der Waals surface area contributed by atoms with Crippen LogP contribution < -0.4 is 4.74 Å². The first kappa shape index (κ1) is 13.5. The van der Waals surface area contributed by atoms with Gasteiger partial charge in [0, 0.05) is 5.56 Å². The fourth-order valence-corrected chi connectivity index (χ4v) is 1.71. The van der Waals surface area contributed by atoms with Gasteiger partial charge >= 0.3 is 0 Å². The van der Waals surface area contributed by atoms with Gasteiger partial charge in [0.05, 0.1) is 12.7 Å². The molecule has 0 saturated heterocycles. The first-order chi connectivity index (χ1) is 9.11. The Bertz CT molecular complexity index is 567. The molecule has 0 aliphatic heterocycles. The van der Waals surface area contributed by atoms with E-state index < -0.39 is 11.9 Å². The monoisotopic (exact) mass is 262 g/mol. The maximum atomic E-state index is 13.8. The predicted molar refractivity (Wildman–Crippen MR) is 69.5 cm³/mol. The van der Waals surface area contributed by atoms with Crippen LogP contribution in [0.15, 0.2) is 42.5 Å². The van der Waals surface area contributed by atoms with E-state index in [9.17, 15) is 14.6 Å². The van der Waals surface area contributed by atoms with Crippen molar-refractivity contribution in [3.8, 4) is 11.5 Å². The topological polar surface area (TPSA) is 49.7 Å². The van der Waals surface area contributed by atoms with Gasteiger partial charge in [-0.25, -0.2) is 4.39 Å². The Labute approximate surface area is 110 Å². The van der Waals surface area contributed by atoms with E-state index in [0.717, 1.165) is 0 Å². The molecule has 1 atom stereocenters. The molecule has 3 nitrogen and oxygen atoms in total. The Morgan fingerprint density at radius 2 is 1.89 bits per heavy atom. The van der Waals surface area contributed by atoms with Crippen molar-refractivity contribution in [1.29, 1.82) is 0 Å². The molecule has 100 valence electrons. The number of aliphatic hydroxyl groups excluding tert-OH is 2. The minimum atomic E-state index is -0.728. The highest BCUT2D eigenvalue weighted by Gasteiger charge is 2.10. The fourth-order valence-electron chi connectivity index (χ4n) is 1.71. The van der Waals surface area contributed by atoms with Crippen LogP contribution in [0.2, 0.25) is 0 Å². The zero-order chi connectivity index (χ0) is 13.8. The molecule has 0 bridgehead atoms. The molecule has 0 saturated carbocycles. The van der Waals surface area contributed by atoms with Crippen LogP contribution in [-0.4, -0.2) is 10.2 Å². The van der Waals surface area contributed by atoms with E-state index in [1.54, 1.807) is 37.3 Å².